The minimum atomic E-state index is -4.17. The minimum absolute atomic E-state index is 0.0452. The third-order valence-electron chi connectivity index (χ3n) is 6.36. The largest absolute Gasteiger partial charge is 0.494 e. The van der Waals surface area contributed by atoms with Gasteiger partial charge in [-0.3, -0.25) is 9.29 Å². The second-order valence-electron chi connectivity index (χ2n) is 9.12. The van der Waals surface area contributed by atoms with Crippen molar-refractivity contribution in [1.29, 1.82) is 0 Å². The molecule has 2 unspecified atom stereocenters. The zero-order chi connectivity index (χ0) is 28.4. The summed E-state index contributed by atoms with van der Waals surface area (Å²) in [6.45, 7) is 1.87. The van der Waals surface area contributed by atoms with Crippen molar-refractivity contribution < 1.29 is 27.4 Å². The molecule has 1 saturated heterocycles. The van der Waals surface area contributed by atoms with Crippen LogP contribution in [0.5, 0.6) is 11.5 Å². The molecular formula is C25H27FN8O5S. The number of halogens is 1. The van der Waals surface area contributed by atoms with Crippen molar-refractivity contribution in [1.82, 2.24) is 29.7 Å². The molecule has 3 aromatic heterocycles. The average molecular weight is 571 g/mol. The van der Waals surface area contributed by atoms with E-state index in [4.69, 9.17) is 9.47 Å². The number of methoxy groups -OCH3 is 2. The van der Waals surface area contributed by atoms with Crippen LogP contribution in [-0.4, -0.2) is 81.9 Å². The highest BCUT2D eigenvalue weighted by Gasteiger charge is 2.37. The maximum atomic E-state index is 13.7. The van der Waals surface area contributed by atoms with Crippen LogP contribution in [0.3, 0.4) is 0 Å². The van der Waals surface area contributed by atoms with Gasteiger partial charge in [-0.2, -0.15) is 0 Å². The minimum Gasteiger partial charge on any atom is -0.494 e. The van der Waals surface area contributed by atoms with E-state index in [1.807, 2.05) is 13.0 Å². The van der Waals surface area contributed by atoms with Crippen molar-refractivity contribution in [2.45, 2.75) is 24.7 Å². The Morgan fingerprint density at radius 3 is 2.35 bits per heavy atom. The van der Waals surface area contributed by atoms with Crippen LogP contribution < -0.4 is 19.1 Å². The van der Waals surface area contributed by atoms with Gasteiger partial charge in [0.25, 0.3) is 0 Å². The van der Waals surface area contributed by atoms with E-state index in [-0.39, 0.29) is 37.2 Å². The molecule has 2 atom stereocenters. The number of pyridine rings is 1. The van der Waals surface area contributed by atoms with Gasteiger partial charge < -0.3 is 19.5 Å². The molecule has 0 radical (unpaired) electrons. The number of anilines is 2. The molecule has 0 amide bonds. The predicted octanol–water partition coefficient (Wildman–Crippen LogP) is 1.97. The summed E-state index contributed by atoms with van der Waals surface area (Å²) in [5.74, 6) is 0.342. The number of rotatable bonds is 8. The molecule has 4 heterocycles. The number of ether oxygens (including phenoxy) is 2. The lowest BCUT2D eigenvalue weighted by Gasteiger charge is -2.35. The van der Waals surface area contributed by atoms with Gasteiger partial charge in [0, 0.05) is 18.8 Å². The summed E-state index contributed by atoms with van der Waals surface area (Å²) in [6.07, 6.45) is 0.915. The second kappa shape index (κ2) is 11.0. The van der Waals surface area contributed by atoms with Crippen LogP contribution in [0.4, 0.5) is 16.3 Å². The van der Waals surface area contributed by atoms with Crippen molar-refractivity contribution in [3.63, 3.8) is 0 Å². The highest BCUT2D eigenvalue weighted by Crippen LogP contribution is 2.37. The standard InChI is InChI=1S/C25H27FN8O5S/c1-15-6-4-7-19(29-15)23-30-31-25(34(23)22-20(38-2)8-5-9-21(22)39-3)32-40(36,37)18-10-17(35)13-33(14-18)24-27-11-16(26)12-28-24/h4-9,11-12,17-18,35H,10,13-14H2,1-3H3,(H,31,32). The number of aliphatic hydroxyl groups excluding tert-OH is 1. The van der Waals surface area contributed by atoms with Gasteiger partial charge in [0.15, 0.2) is 11.6 Å². The Bertz CT molecular complexity index is 1590. The Hall–Kier alpha value is -4.37. The molecule has 2 N–H and O–H groups in total. The van der Waals surface area contributed by atoms with Crippen LogP contribution in [0.25, 0.3) is 17.2 Å². The van der Waals surface area contributed by atoms with Gasteiger partial charge in [-0.05, 0) is 37.6 Å². The molecule has 5 rings (SSSR count). The Labute approximate surface area is 229 Å². The lowest BCUT2D eigenvalue weighted by atomic mass is 10.1. The molecule has 0 spiro atoms. The fourth-order valence-corrected chi connectivity index (χ4v) is 5.95. The summed E-state index contributed by atoms with van der Waals surface area (Å²) >= 11 is 0. The van der Waals surface area contributed by atoms with Gasteiger partial charge in [0.2, 0.25) is 21.9 Å². The SMILES string of the molecule is COc1cccc(OC)c1-n1c(NS(=O)(=O)C2CC(O)CN(c3ncc(F)cn3)C2)nnc1-c1cccc(C)n1. The number of piperidine rings is 1. The molecular weight excluding hydrogens is 543 g/mol. The summed E-state index contributed by atoms with van der Waals surface area (Å²) in [7, 11) is -1.21. The van der Waals surface area contributed by atoms with E-state index in [0.717, 1.165) is 18.1 Å². The molecule has 40 heavy (non-hydrogen) atoms. The Balaban J connectivity index is 1.57. The van der Waals surface area contributed by atoms with Crippen LogP contribution in [0, 0.1) is 12.7 Å². The third-order valence-corrected chi connectivity index (χ3v) is 8.04. The van der Waals surface area contributed by atoms with Gasteiger partial charge in [0.1, 0.15) is 28.1 Å². The lowest BCUT2D eigenvalue weighted by Crippen LogP contribution is -2.50. The number of β-amino-alcohol motifs (C(OH)–C–C–N with tert-alkyl or cyclic N) is 1. The first-order valence-electron chi connectivity index (χ1n) is 12.2. The highest BCUT2D eigenvalue weighted by atomic mass is 32.2. The summed E-state index contributed by atoms with van der Waals surface area (Å²) in [5.41, 5.74) is 1.53. The first-order valence-corrected chi connectivity index (χ1v) is 13.8. The van der Waals surface area contributed by atoms with Gasteiger partial charge in [0.05, 0.1) is 32.7 Å². The van der Waals surface area contributed by atoms with Gasteiger partial charge in [-0.1, -0.05) is 12.1 Å². The molecule has 0 bridgehead atoms. The molecule has 1 aliphatic heterocycles. The monoisotopic (exact) mass is 570 g/mol. The quantitative estimate of drug-likeness (QED) is 0.319. The summed E-state index contributed by atoms with van der Waals surface area (Å²) in [5, 5.41) is 17.8. The van der Waals surface area contributed by atoms with E-state index in [0.29, 0.717) is 22.9 Å². The molecule has 15 heteroatoms. The van der Waals surface area contributed by atoms with Crippen molar-refractivity contribution in [3.8, 4) is 28.7 Å². The van der Waals surface area contributed by atoms with Crippen LogP contribution in [0.2, 0.25) is 0 Å². The van der Waals surface area contributed by atoms with E-state index in [9.17, 15) is 17.9 Å². The van der Waals surface area contributed by atoms with Crippen LogP contribution >= 0.6 is 0 Å². The van der Waals surface area contributed by atoms with Crippen molar-refractivity contribution in [3.05, 3.63) is 60.3 Å². The molecule has 1 aliphatic rings. The van der Waals surface area contributed by atoms with Crippen LogP contribution in [-0.2, 0) is 10.0 Å². The molecule has 0 aliphatic carbocycles. The van der Waals surface area contributed by atoms with E-state index in [1.165, 1.54) is 23.7 Å². The highest BCUT2D eigenvalue weighted by molar-refractivity contribution is 7.93. The number of hydrogen-bond acceptors (Lipinski definition) is 11. The van der Waals surface area contributed by atoms with Crippen LogP contribution in [0.15, 0.2) is 48.8 Å². The lowest BCUT2D eigenvalue weighted by molar-refractivity contribution is 0.154. The van der Waals surface area contributed by atoms with Gasteiger partial charge >= 0.3 is 0 Å². The van der Waals surface area contributed by atoms with Gasteiger partial charge in [-0.15, -0.1) is 10.2 Å². The number of aromatic nitrogens is 6. The van der Waals surface area contributed by atoms with Crippen molar-refractivity contribution in [2.75, 3.05) is 36.9 Å². The average Bonchev–Trinajstić information content (AvgIpc) is 3.34. The maximum Gasteiger partial charge on any atom is 0.243 e. The topological polar surface area (TPSA) is 157 Å². The predicted molar refractivity (Wildman–Crippen MR) is 144 cm³/mol. The molecule has 210 valence electrons. The zero-order valence-corrected chi connectivity index (χ0v) is 22.7. The summed E-state index contributed by atoms with van der Waals surface area (Å²) < 4.78 is 55.9. The number of para-hydroxylation sites is 1. The number of aryl methyl sites for hydroxylation is 1. The maximum absolute atomic E-state index is 13.7. The molecule has 13 nitrogen and oxygen atoms in total. The Morgan fingerprint density at radius 2 is 1.70 bits per heavy atom. The first-order chi connectivity index (χ1) is 19.2. The molecule has 4 aromatic rings. The number of sulfonamides is 1. The molecule has 1 fully saturated rings. The Kier molecular flexibility index (Phi) is 7.49. The summed E-state index contributed by atoms with van der Waals surface area (Å²) in [4.78, 5) is 13.9. The van der Waals surface area contributed by atoms with Gasteiger partial charge in [-0.25, -0.2) is 27.8 Å². The van der Waals surface area contributed by atoms with Crippen molar-refractivity contribution >= 4 is 21.9 Å². The number of hydrogen-bond donors (Lipinski definition) is 2. The normalized spacial score (nSPS) is 17.5. The number of nitrogens with one attached hydrogen (secondary N) is 1. The molecule has 0 saturated carbocycles. The van der Waals surface area contributed by atoms with Crippen LogP contribution in [0.1, 0.15) is 12.1 Å². The van der Waals surface area contributed by atoms with E-state index >= 15 is 0 Å². The zero-order valence-electron chi connectivity index (χ0n) is 21.9. The van der Waals surface area contributed by atoms with E-state index in [1.54, 1.807) is 30.3 Å². The first kappa shape index (κ1) is 27.2. The molecule has 1 aromatic carbocycles. The fraction of sp³-hybridized carbons (Fsp3) is 0.320. The number of aliphatic hydroxyl groups is 1. The van der Waals surface area contributed by atoms with E-state index in [2.05, 4.69) is 29.9 Å². The number of nitrogens with zero attached hydrogens (tertiary/aromatic N) is 7. The Morgan fingerprint density at radius 1 is 1.02 bits per heavy atom. The number of benzene rings is 1. The van der Waals surface area contributed by atoms with Crippen molar-refractivity contribution in [2.24, 2.45) is 0 Å². The third kappa shape index (κ3) is 5.37. The second-order valence-corrected chi connectivity index (χ2v) is 11.1. The smallest absolute Gasteiger partial charge is 0.243 e. The van der Waals surface area contributed by atoms with E-state index < -0.39 is 27.2 Å². The fourth-order valence-electron chi connectivity index (χ4n) is 4.54. The summed E-state index contributed by atoms with van der Waals surface area (Å²) in [6, 6.07) is 10.5.